The standard InChI is InChI=1S/C16H14N2O2S/c1-18-10-6-9-12(18)14(21-2)13-16(19)20-15(17-13)11-7-4-3-5-8-11/h3-10H,1-2H3/b14-13-. The maximum atomic E-state index is 12.1. The van der Waals surface area contributed by atoms with Gasteiger partial charge in [0.05, 0.1) is 10.6 Å². The van der Waals surface area contributed by atoms with E-state index < -0.39 is 5.97 Å². The van der Waals surface area contributed by atoms with Gasteiger partial charge in [0, 0.05) is 18.8 Å². The molecule has 21 heavy (non-hydrogen) atoms. The fourth-order valence-corrected chi connectivity index (χ4v) is 2.92. The van der Waals surface area contributed by atoms with Gasteiger partial charge in [-0.25, -0.2) is 9.79 Å². The Bertz CT molecular complexity index is 745. The summed E-state index contributed by atoms with van der Waals surface area (Å²) in [5.74, 6) is -0.0456. The number of hydrogen-bond acceptors (Lipinski definition) is 4. The van der Waals surface area contributed by atoms with Crippen molar-refractivity contribution in [3.05, 3.63) is 65.6 Å². The van der Waals surface area contributed by atoms with Crippen molar-refractivity contribution in [3.8, 4) is 0 Å². The number of benzene rings is 1. The van der Waals surface area contributed by atoms with E-state index in [1.165, 1.54) is 11.8 Å². The van der Waals surface area contributed by atoms with E-state index in [4.69, 9.17) is 4.74 Å². The van der Waals surface area contributed by atoms with Gasteiger partial charge < -0.3 is 9.30 Å². The number of carbonyl (C=O) groups excluding carboxylic acids is 1. The van der Waals surface area contributed by atoms with E-state index in [1.807, 2.05) is 66.5 Å². The predicted molar refractivity (Wildman–Crippen MR) is 84.9 cm³/mol. The molecule has 0 saturated carbocycles. The summed E-state index contributed by atoms with van der Waals surface area (Å²) in [5.41, 5.74) is 2.11. The number of aliphatic imine (C=N–C) groups is 1. The summed E-state index contributed by atoms with van der Waals surface area (Å²) < 4.78 is 7.27. The number of aryl methyl sites for hydroxylation is 1. The van der Waals surface area contributed by atoms with Gasteiger partial charge in [0.2, 0.25) is 5.90 Å². The SMILES string of the molecule is CS/C(=C1\N=C(c2ccccc2)OC1=O)c1cccn1C. The molecule has 1 aromatic heterocycles. The molecule has 2 aromatic rings. The summed E-state index contributed by atoms with van der Waals surface area (Å²) in [4.78, 5) is 17.4. The third-order valence-electron chi connectivity index (χ3n) is 3.21. The summed E-state index contributed by atoms with van der Waals surface area (Å²) in [6.07, 6.45) is 3.87. The zero-order valence-corrected chi connectivity index (χ0v) is 12.6. The molecular formula is C16H14N2O2S. The minimum Gasteiger partial charge on any atom is -0.402 e. The van der Waals surface area contributed by atoms with Crippen molar-refractivity contribution in [1.29, 1.82) is 0 Å². The van der Waals surface area contributed by atoms with Crippen molar-refractivity contribution in [1.82, 2.24) is 4.57 Å². The Morgan fingerprint density at radius 1 is 1.19 bits per heavy atom. The molecule has 0 N–H and O–H groups in total. The molecule has 3 rings (SSSR count). The first-order valence-corrected chi connectivity index (χ1v) is 7.69. The average Bonchev–Trinajstić information content (AvgIpc) is 3.09. The highest BCUT2D eigenvalue weighted by atomic mass is 32.2. The first kappa shape index (κ1) is 13.7. The number of cyclic esters (lactones) is 1. The van der Waals surface area contributed by atoms with E-state index in [9.17, 15) is 4.79 Å². The Balaban J connectivity index is 2.09. The van der Waals surface area contributed by atoms with Crippen molar-refractivity contribution in [2.45, 2.75) is 0 Å². The van der Waals surface area contributed by atoms with E-state index in [0.717, 1.165) is 16.2 Å². The summed E-state index contributed by atoms with van der Waals surface area (Å²) in [7, 11) is 1.94. The smallest absolute Gasteiger partial charge is 0.365 e. The van der Waals surface area contributed by atoms with Crippen molar-refractivity contribution < 1.29 is 9.53 Å². The van der Waals surface area contributed by atoms with Crippen LogP contribution in [-0.2, 0) is 16.6 Å². The van der Waals surface area contributed by atoms with Crippen molar-refractivity contribution in [2.24, 2.45) is 12.0 Å². The molecule has 0 unspecified atom stereocenters. The first-order valence-electron chi connectivity index (χ1n) is 6.47. The Labute approximate surface area is 127 Å². The van der Waals surface area contributed by atoms with Crippen LogP contribution in [0, 0.1) is 0 Å². The molecule has 4 nitrogen and oxygen atoms in total. The van der Waals surface area contributed by atoms with Gasteiger partial charge in [-0.15, -0.1) is 11.8 Å². The van der Waals surface area contributed by atoms with Crippen LogP contribution in [0.25, 0.3) is 4.91 Å². The normalized spacial score (nSPS) is 16.7. The number of ether oxygens (including phenoxy) is 1. The van der Waals surface area contributed by atoms with E-state index in [2.05, 4.69) is 4.99 Å². The third-order valence-corrected chi connectivity index (χ3v) is 4.02. The van der Waals surface area contributed by atoms with Crippen LogP contribution in [0.3, 0.4) is 0 Å². The minimum absolute atomic E-state index is 0.358. The maximum Gasteiger partial charge on any atom is 0.365 e. The summed E-state index contributed by atoms with van der Waals surface area (Å²) in [6, 6.07) is 13.3. The topological polar surface area (TPSA) is 43.6 Å². The molecule has 0 radical (unpaired) electrons. The second-order valence-corrected chi connectivity index (χ2v) is 5.38. The highest BCUT2D eigenvalue weighted by Crippen LogP contribution is 2.32. The van der Waals surface area contributed by atoms with Gasteiger partial charge in [-0.05, 0) is 30.5 Å². The molecular weight excluding hydrogens is 284 g/mol. The third kappa shape index (κ3) is 2.52. The van der Waals surface area contributed by atoms with E-state index >= 15 is 0 Å². The van der Waals surface area contributed by atoms with Gasteiger partial charge in [0.1, 0.15) is 0 Å². The van der Waals surface area contributed by atoms with Crippen LogP contribution in [0.1, 0.15) is 11.3 Å². The second-order valence-electron chi connectivity index (χ2n) is 4.56. The van der Waals surface area contributed by atoms with E-state index in [0.29, 0.717) is 11.6 Å². The lowest BCUT2D eigenvalue weighted by molar-refractivity contribution is -0.129. The van der Waals surface area contributed by atoms with Crippen LogP contribution in [0.15, 0.2) is 59.4 Å². The van der Waals surface area contributed by atoms with Crippen LogP contribution < -0.4 is 0 Å². The zero-order chi connectivity index (χ0) is 14.8. The molecule has 1 aliphatic rings. The molecule has 0 atom stereocenters. The number of carbonyl (C=O) groups is 1. The maximum absolute atomic E-state index is 12.1. The molecule has 1 aliphatic heterocycles. The Kier molecular flexibility index (Phi) is 3.66. The van der Waals surface area contributed by atoms with Crippen molar-refractivity contribution in [3.63, 3.8) is 0 Å². The van der Waals surface area contributed by atoms with E-state index in [-0.39, 0.29) is 0 Å². The fourth-order valence-electron chi connectivity index (χ4n) is 2.17. The highest BCUT2D eigenvalue weighted by Gasteiger charge is 2.28. The van der Waals surface area contributed by atoms with Crippen LogP contribution in [0.4, 0.5) is 0 Å². The lowest BCUT2D eigenvalue weighted by Crippen LogP contribution is -2.06. The molecule has 0 aliphatic carbocycles. The molecule has 0 fully saturated rings. The predicted octanol–water partition coefficient (Wildman–Crippen LogP) is 3.06. The highest BCUT2D eigenvalue weighted by molar-refractivity contribution is 8.07. The van der Waals surface area contributed by atoms with E-state index in [1.54, 1.807) is 0 Å². The zero-order valence-electron chi connectivity index (χ0n) is 11.7. The van der Waals surface area contributed by atoms with Gasteiger partial charge >= 0.3 is 5.97 Å². The Hall–Kier alpha value is -2.27. The van der Waals surface area contributed by atoms with Crippen LogP contribution in [-0.4, -0.2) is 22.7 Å². The average molecular weight is 298 g/mol. The molecule has 0 amide bonds. The summed E-state index contributed by atoms with van der Waals surface area (Å²) >= 11 is 1.49. The Morgan fingerprint density at radius 3 is 2.57 bits per heavy atom. The molecule has 0 saturated heterocycles. The molecule has 5 heteroatoms. The minimum atomic E-state index is -0.403. The largest absolute Gasteiger partial charge is 0.402 e. The molecule has 0 bridgehead atoms. The molecule has 106 valence electrons. The summed E-state index contributed by atoms with van der Waals surface area (Å²) in [6.45, 7) is 0. The van der Waals surface area contributed by atoms with Crippen LogP contribution in [0.5, 0.6) is 0 Å². The lowest BCUT2D eigenvalue weighted by atomic mass is 10.2. The number of hydrogen-bond donors (Lipinski definition) is 0. The molecule has 0 spiro atoms. The Morgan fingerprint density at radius 2 is 1.95 bits per heavy atom. The number of esters is 1. The van der Waals surface area contributed by atoms with Gasteiger partial charge in [-0.3, -0.25) is 0 Å². The lowest BCUT2D eigenvalue weighted by Gasteiger charge is -2.06. The van der Waals surface area contributed by atoms with Crippen molar-refractivity contribution >= 4 is 28.5 Å². The van der Waals surface area contributed by atoms with Crippen LogP contribution in [0.2, 0.25) is 0 Å². The van der Waals surface area contributed by atoms with Crippen LogP contribution >= 0.6 is 11.8 Å². The summed E-state index contributed by atoms with van der Waals surface area (Å²) in [5, 5.41) is 0. The van der Waals surface area contributed by atoms with Gasteiger partial charge in [0.15, 0.2) is 5.70 Å². The number of rotatable bonds is 3. The van der Waals surface area contributed by atoms with Crippen molar-refractivity contribution in [2.75, 3.05) is 6.26 Å². The van der Waals surface area contributed by atoms with Gasteiger partial charge in [-0.2, -0.15) is 0 Å². The monoisotopic (exact) mass is 298 g/mol. The number of thioether (sulfide) groups is 1. The quantitative estimate of drug-likeness (QED) is 0.646. The molecule has 2 heterocycles. The number of nitrogens with zero attached hydrogens (tertiary/aromatic N) is 2. The molecule has 1 aromatic carbocycles. The number of aromatic nitrogens is 1. The fraction of sp³-hybridized carbons (Fsp3) is 0.125. The van der Waals surface area contributed by atoms with Gasteiger partial charge in [0.25, 0.3) is 0 Å². The van der Waals surface area contributed by atoms with Gasteiger partial charge in [-0.1, -0.05) is 18.2 Å². The second kappa shape index (κ2) is 5.61. The first-order chi connectivity index (χ1) is 10.2.